The molecule has 3 aromatic rings. The van der Waals surface area contributed by atoms with Crippen molar-refractivity contribution in [1.82, 2.24) is 9.97 Å². The molecule has 9 heteroatoms. The molecule has 2 N–H and O–H groups in total. The monoisotopic (exact) mass is 473 g/mol. The Hall–Kier alpha value is -2.65. The molecular weight excluding hydrogens is 450 g/mol. The Kier molecular flexibility index (Phi) is 6.39. The van der Waals surface area contributed by atoms with E-state index in [9.17, 15) is 13.9 Å². The van der Waals surface area contributed by atoms with Gasteiger partial charge in [0.15, 0.2) is 0 Å². The first-order valence-electron chi connectivity index (χ1n) is 10.1. The van der Waals surface area contributed by atoms with Crippen LogP contribution >= 0.6 is 22.2 Å². The van der Waals surface area contributed by atoms with Gasteiger partial charge in [-0.05, 0) is 36.8 Å². The van der Waals surface area contributed by atoms with Crippen LogP contribution in [-0.4, -0.2) is 56.7 Å². The number of aryl methyl sites for hydroxylation is 1. The summed E-state index contributed by atoms with van der Waals surface area (Å²) >= 11 is 6.07. The van der Waals surface area contributed by atoms with Gasteiger partial charge in [-0.3, -0.25) is 14.1 Å². The Morgan fingerprint density at radius 3 is 2.41 bits per heavy atom. The number of halogens is 1. The molecule has 0 radical (unpaired) electrons. The maximum Gasteiger partial charge on any atom is 0.337 e. The Bertz CT molecular complexity index is 1140. The van der Waals surface area contributed by atoms with E-state index in [1.54, 1.807) is 30.5 Å². The molecular formula is C23H24ClN3O4S. The van der Waals surface area contributed by atoms with E-state index in [4.69, 9.17) is 26.3 Å². The fourth-order valence-corrected chi connectivity index (χ4v) is 5.02. The van der Waals surface area contributed by atoms with Gasteiger partial charge in [0.25, 0.3) is 0 Å². The molecule has 1 saturated heterocycles. The van der Waals surface area contributed by atoms with E-state index in [1.165, 1.54) is 7.11 Å². The summed E-state index contributed by atoms with van der Waals surface area (Å²) in [5, 5.41) is 0.630. The highest BCUT2D eigenvalue weighted by Crippen LogP contribution is 2.41. The van der Waals surface area contributed by atoms with E-state index in [1.807, 2.05) is 30.0 Å². The minimum atomic E-state index is -2.51. The largest absolute Gasteiger partial charge is 0.465 e. The summed E-state index contributed by atoms with van der Waals surface area (Å²) in [7, 11) is -1.16. The topological polar surface area (TPSA) is 95.8 Å². The quantitative estimate of drug-likeness (QED) is 0.507. The molecule has 0 saturated carbocycles. The van der Waals surface area contributed by atoms with Crippen LogP contribution in [0.2, 0.25) is 5.02 Å². The maximum absolute atomic E-state index is 11.9. The summed E-state index contributed by atoms with van der Waals surface area (Å²) in [5.41, 5.74) is 4.41. The molecule has 0 atom stereocenters. The average Bonchev–Trinajstić information content (AvgIpc) is 2.79. The number of carbonyl (C=O) groups is 1. The molecule has 0 aliphatic carbocycles. The van der Waals surface area contributed by atoms with Gasteiger partial charge in [-0.15, -0.1) is 0 Å². The molecule has 0 unspecified atom stereocenters. The Balaban J connectivity index is 1.80. The number of rotatable bonds is 4. The number of benzene rings is 2. The zero-order valence-corrected chi connectivity index (χ0v) is 19.4. The van der Waals surface area contributed by atoms with E-state index in [0.717, 1.165) is 16.7 Å². The zero-order valence-electron chi connectivity index (χ0n) is 17.8. The molecule has 0 spiro atoms. The second kappa shape index (κ2) is 9.07. The molecule has 7 nitrogen and oxygen atoms in total. The van der Waals surface area contributed by atoms with Crippen LogP contribution in [0.4, 0.5) is 5.82 Å². The number of hydrogen-bond donors (Lipinski definition) is 2. The van der Waals surface area contributed by atoms with Gasteiger partial charge in [0.1, 0.15) is 5.82 Å². The fraction of sp³-hybridized carbons (Fsp3) is 0.261. The smallest absolute Gasteiger partial charge is 0.337 e. The first-order chi connectivity index (χ1) is 15.3. The lowest BCUT2D eigenvalue weighted by atomic mass is 9.98. The number of nitrogens with zero attached hydrogens (tertiary/aromatic N) is 3. The minimum absolute atomic E-state index is 0.315. The first-order valence-corrected chi connectivity index (χ1v) is 12.3. The number of anilines is 1. The Labute approximate surface area is 193 Å². The van der Waals surface area contributed by atoms with Crippen LogP contribution in [0.25, 0.3) is 22.5 Å². The predicted octanol–water partition coefficient (Wildman–Crippen LogP) is 5.13. The lowest BCUT2D eigenvalue weighted by Gasteiger charge is -2.41. The molecule has 1 fully saturated rings. The predicted molar refractivity (Wildman–Crippen MR) is 129 cm³/mol. The molecule has 4 rings (SSSR count). The summed E-state index contributed by atoms with van der Waals surface area (Å²) in [6.45, 7) is 2.91. The normalized spacial score (nSPS) is 16.5. The van der Waals surface area contributed by atoms with Gasteiger partial charge in [-0.1, -0.05) is 29.8 Å². The van der Waals surface area contributed by atoms with E-state index >= 15 is 0 Å². The highest BCUT2D eigenvalue weighted by Gasteiger charge is 2.25. The molecule has 1 aliphatic rings. The van der Waals surface area contributed by atoms with E-state index in [-0.39, 0.29) is 0 Å². The van der Waals surface area contributed by atoms with Crippen LogP contribution in [0.15, 0.2) is 48.7 Å². The van der Waals surface area contributed by atoms with Crippen molar-refractivity contribution < 1.29 is 18.6 Å². The molecule has 168 valence electrons. The van der Waals surface area contributed by atoms with Gasteiger partial charge in [-0.25, -0.2) is 9.78 Å². The van der Waals surface area contributed by atoms with E-state index in [0.29, 0.717) is 52.4 Å². The lowest BCUT2D eigenvalue weighted by molar-refractivity contribution is 0.0600. The van der Waals surface area contributed by atoms with Crippen LogP contribution < -0.4 is 4.90 Å². The third kappa shape index (κ3) is 4.73. The van der Waals surface area contributed by atoms with E-state index in [2.05, 4.69) is 0 Å². The molecule has 1 aliphatic heterocycles. The Morgan fingerprint density at radius 1 is 1.09 bits per heavy atom. The molecule has 32 heavy (non-hydrogen) atoms. The second-order valence-electron chi connectivity index (χ2n) is 7.65. The molecule has 1 aromatic heterocycles. The van der Waals surface area contributed by atoms with Gasteiger partial charge >= 0.3 is 5.97 Å². The van der Waals surface area contributed by atoms with Crippen molar-refractivity contribution in [3.8, 4) is 22.5 Å². The van der Waals surface area contributed by atoms with E-state index < -0.39 is 16.6 Å². The van der Waals surface area contributed by atoms with Crippen LogP contribution in [0.3, 0.4) is 0 Å². The highest BCUT2D eigenvalue weighted by molar-refractivity contribution is 8.24. The molecule has 0 amide bonds. The third-order valence-electron chi connectivity index (χ3n) is 5.48. The van der Waals surface area contributed by atoms with Gasteiger partial charge in [0, 0.05) is 29.2 Å². The van der Waals surface area contributed by atoms with Crippen LogP contribution in [-0.2, 0) is 4.74 Å². The second-order valence-corrected chi connectivity index (χ2v) is 10.5. The molecule has 2 aromatic carbocycles. The minimum Gasteiger partial charge on any atom is -0.465 e. The van der Waals surface area contributed by atoms with Gasteiger partial charge in [0.2, 0.25) is 0 Å². The Morgan fingerprint density at radius 2 is 1.78 bits per heavy atom. The zero-order chi connectivity index (χ0) is 22.9. The van der Waals surface area contributed by atoms with Crippen molar-refractivity contribution in [3.63, 3.8) is 0 Å². The molecule has 0 bridgehead atoms. The average molecular weight is 474 g/mol. The highest BCUT2D eigenvalue weighted by atomic mass is 35.5. The van der Waals surface area contributed by atoms with Gasteiger partial charge in [0.05, 0.1) is 41.8 Å². The number of ether oxygens (including phenoxy) is 1. The van der Waals surface area contributed by atoms with Crippen LogP contribution in [0.1, 0.15) is 15.9 Å². The van der Waals surface area contributed by atoms with Crippen molar-refractivity contribution in [3.05, 3.63) is 64.8 Å². The number of aromatic nitrogens is 2. The van der Waals surface area contributed by atoms with Crippen molar-refractivity contribution in [1.29, 1.82) is 0 Å². The summed E-state index contributed by atoms with van der Waals surface area (Å²) in [6, 6.07) is 12.7. The summed E-state index contributed by atoms with van der Waals surface area (Å²) < 4.78 is 24.7. The maximum atomic E-state index is 11.9. The number of esters is 1. The molecule has 2 heterocycles. The fourth-order valence-electron chi connectivity index (χ4n) is 3.67. The van der Waals surface area contributed by atoms with Crippen molar-refractivity contribution in [2.24, 2.45) is 0 Å². The van der Waals surface area contributed by atoms with Gasteiger partial charge < -0.3 is 9.64 Å². The van der Waals surface area contributed by atoms with Crippen molar-refractivity contribution in [2.45, 2.75) is 6.92 Å². The number of hydrogen-bond acceptors (Lipinski definition) is 7. The van der Waals surface area contributed by atoms with Crippen molar-refractivity contribution >= 4 is 34.0 Å². The van der Waals surface area contributed by atoms with Crippen LogP contribution in [0, 0.1) is 6.92 Å². The SMILES string of the molecule is COC(=O)c1ccc(-c2nc(N3CCS(O)(O)CC3)cnc2-c2ccc(Cl)cc2)c(C)c1. The summed E-state index contributed by atoms with van der Waals surface area (Å²) in [4.78, 5) is 23.6. The first kappa shape index (κ1) is 22.5. The van der Waals surface area contributed by atoms with Gasteiger partial charge in [-0.2, -0.15) is 10.6 Å². The van der Waals surface area contributed by atoms with Crippen LogP contribution in [0.5, 0.6) is 0 Å². The standard InChI is InChI=1S/C23H24ClN3O4S/c1-15-13-17(23(28)31-2)5-8-19(15)22-21(16-3-6-18(24)7-4-16)25-14-20(26-22)27-9-11-32(29,30)12-10-27/h3-8,13-14,29-30H,9-12H2,1-2H3. The lowest BCUT2D eigenvalue weighted by Crippen LogP contribution is -2.38. The number of carbonyl (C=O) groups excluding carboxylic acids is 1. The van der Waals surface area contributed by atoms with Crippen molar-refractivity contribution in [2.75, 3.05) is 36.6 Å². The third-order valence-corrected chi connectivity index (χ3v) is 7.41. The summed E-state index contributed by atoms with van der Waals surface area (Å²) in [6.07, 6.45) is 1.71. The summed E-state index contributed by atoms with van der Waals surface area (Å²) in [5.74, 6) is 0.903. The number of methoxy groups -OCH3 is 1.